The minimum atomic E-state index is -1.79. The fourth-order valence-corrected chi connectivity index (χ4v) is 2.18. The van der Waals surface area contributed by atoms with E-state index in [1.54, 1.807) is 0 Å². The Balaban J connectivity index is 4.08. The van der Waals surface area contributed by atoms with Crippen molar-refractivity contribution in [1.29, 1.82) is 0 Å². The van der Waals surface area contributed by atoms with Gasteiger partial charge in [-0.3, -0.25) is 0 Å². The molecule has 20 heavy (non-hydrogen) atoms. The van der Waals surface area contributed by atoms with E-state index in [1.165, 1.54) is 0 Å². The molecular formula is C14H32N2O3Si. The van der Waals surface area contributed by atoms with Gasteiger partial charge in [-0.1, -0.05) is 20.8 Å². The van der Waals surface area contributed by atoms with Gasteiger partial charge in [-0.05, 0) is 38.9 Å². The molecule has 0 heterocycles. The number of hydrogen-bond donors (Lipinski definition) is 2. The van der Waals surface area contributed by atoms with Crippen LogP contribution in [-0.4, -0.2) is 39.2 Å². The van der Waals surface area contributed by atoms with Crippen molar-refractivity contribution in [3.05, 3.63) is 0 Å². The summed E-state index contributed by atoms with van der Waals surface area (Å²) in [5.74, 6) is 0. The first kappa shape index (κ1) is 19.4. The van der Waals surface area contributed by atoms with Gasteiger partial charge in [-0.25, -0.2) is 4.79 Å². The van der Waals surface area contributed by atoms with Gasteiger partial charge in [0.15, 0.2) is 8.32 Å². The summed E-state index contributed by atoms with van der Waals surface area (Å²) < 4.78 is 11.2. The molecule has 0 aliphatic heterocycles. The Morgan fingerprint density at radius 3 is 2.10 bits per heavy atom. The SMILES string of the molecule is CC(C)(C)OC(=O)NCC(N)CO[Si](C)(C)C(C)(C)C. The van der Waals surface area contributed by atoms with Gasteiger partial charge >= 0.3 is 6.09 Å². The monoisotopic (exact) mass is 304 g/mol. The number of nitrogens with two attached hydrogens (primary N) is 1. The number of amides is 1. The van der Waals surface area contributed by atoms with Crippen LogP contribution < -0.4 is 11.1 Å². The minimum Gasteiger partial charge on any atom is -0.444 e. The smallest absolute Gasteiger partial charge is 0.407 e. The molecule has 0 aromatic rings. The fourth-order valence-electron chi connectivity index (χ4n) is 1.12. The van der Waals surface area contributed by atoms with Gasteiger partial charge in [0.2, 0.25) is 0 Å². The number of carbonyl (C=O) groups is 1. The van der Waals surface area contributed by atoms with Gasteiger partial charge in [0.05, 0.1) is 6.61 Å². The van der Waals surface area contributed by atoms with Crippen LogP contribution in [0.3, 0.4) is 0 Å². The molecule has 0 aliphatic rings. The summed E-state index contributed by atoms with van der Waals surface area (Å²) in [7, 11) is -1.79. The maximum atomic E-state index is 11.5. The molecule has 0 bridgehead atoms. The molecule has 0 rings (SSSR count). The molecule has 0 aromatic heterocycles. The summed E-state index contributed by atoms with van der Waals surface area (Å²) in [6.07, 6.45) is -0.444. The molecule has 1 atom stereocenters. The first-order chi connectivity index (χ1) is 8.74. The van der Waals surface area contributed by atoms with Crippen molar-refractivity contribution in [2.45, 2.75) is 71.3 Å². The van der Waals surface area contributed by atoms with E-state index in [1.807, 2.05) is 20.8 Å². The Kier molecular flexibility index (Phi) is 6.71. The van der Waals surface area contributed by atoms with E-state index in [9.17, 15) is 4.79 Å². The highest BCUT2D eigenvalue weighted by molar-refractivity contribution is 6.74. The summed E-state index contributed by atoms with van der Waals surface area (Å²) >= 11 is 0. The Hall–Kier alpha value is -0.593. The zero-order valence-electron chi connectivity index (χ0n) is 14.3. The summed E-state index contributed by atoms with van der Waals surface area (Å²) in [6, 6.07) is -0.225. The van der Waals surface area contributed by atoms with Crippen LogP contribution in [0, 0.1) is 0 Å². The summed E-state index contributed by atoms with van der Waals surface area (Å²) in [5, 5.41) is 2.82. The van der Waals surface area contributed by atoms with Crippen molar-refractivity contribution in [3.8, 4) is 0 Å². The van der Waals surface area contributed by atoms with E-state index < -0.39 is 20.0 Å². The van der Waals surface area contributed by atoms with E-state index in [4.69, 9.17) is 14.9 Å². The lowest BCUT2D eigenvalue weighted by atomic mass is 10.2. The standard InChI is InChI=1S/C14H32N2O3Si/c1-13(2,3)19-12(17)16-9-11(15)10-18-20(7,8)14(4,5)6/h11H,9-10,15H2,1-8H3,(H,16,17). The van der Waals surface area contributed by atoms with Crippen LogP contribution in [0.1, 0.15) is 41.5 Å². The topological polar surface area (TPSA) is 73.6 Å². The molecule has 0 aromatic carbocycles. The second kappa shape index (κ2) is 6.91. The van der Waals surface area contributed by atoms with Gasteiger partial charge in [-0.2, -0.15) is 0 Å². The van der Waals surface area contributed by atoms with E-state index >= 15 is 0 Å². The first-order valence-electron chi connectivity index (χ1n) is 7.11. The second-order valence-electron chi connectivity index (χ2n) is 7.71. The maximum absolute atomic E-state index is 11.5. The lowest BCUT2D eigenvalue weighted by Gasteiger charge is -2.36. The van der Waals surface area contributed by atoms with Crippen molar-refractivity contribution in [3.63, 3.8) is 0 Å². The predicted octanol–water partition coefficient (Wildman–Crippen LogP) is 2.86. The Morgan fingerprint density at radius 1 is 1.20 bits per heavy atom. The lowest BCUT2D eigenvalue weighted by molar-refractivity contribution is 0.0521. The zero-order chi connectivity index (χ0) is 16.2. The van der Waals surface area contributed by atoms with Crippen LogP contribution >= 0.6 is 0 Å². The normalized spacial score (nSPS) is 14.8. The molecule has 6 heteroatoms. The molecule has 1 amide bonds. The van der Waals surface area contributed by atoms with Crippen molar-refractivity contribution < 1.29 is 14.0 Å². The van der Waals surface area contributed by atoms with E-state index in [0.29, 0.717) is 13.2 Å². The first-order valence-corrected chi connectivity index (χ1v) is 10.0. The number of nitrogens with one attached hydrogen (secondary N) is 1. The van der Waals surface area contributed by atoms with Crippen LogP contribution in [0.2, 0.25) is 18.1 Å². The van der Waals surface area contributed by atoms with Gasteiger partial charge in [0.1, 0.15) is 5.60 Å². The number of alkyl carbamates (subject to hydrolysis) is 1. The third-order valence-corrected chi connectivity index (χ3v) is 7.87. The van der Waals surface area contributed by atoms with E-state index in [-0.39, 0.29) is 11.1 Å². The Morgan fingerprint density at radius 2 is 1.70 bits per heavy atom. The molecule has 0 saturated carbocycles. The third kappa shape index (κ3) is 7.87. The van der Waals surface area contributed by atoms with Crippen molar-refractivity contribution >= 4 is 14.4 Å². The van der Waals surface area contributed by atoms with Crippen molar-refractivity contribution in [2.24, 2.45) is 5.73 Å². The highest BCUT2D eigenvalue weighted by Crippen LogP contribution is 2.36. The van der Waals surface area contributed by atoms with Crippen LogP contribution in [0.25, 0.3) is 0 Å². The number of ether oxygens (including phenoxy) is 1. The Bertz CT molecular complexity index is 319. The average Bonchev–Trinajstić information content (AvgIpc) is 2.19. The molecule has 1 unspecified atom stereocenters. The lowest BCUT2D eigenvalue weighted by Crippen LogP contribution is -2.47. The van der Waals surface area contributed by atoms with Crippen molar-refractivity contribution in [2.75, 3.05) is 13.2 Å². The molecule has 0 fully saturated rings. The van der Waals surface area contributed by atoms with Crippen molar-refractivity contribution in [1.82, 2.24) is 5.32 Å². The second-order valence-corrected chi connectivity index (χ2v) is 12.5. The third-order valence-electron chi connectivity index (χ3n) is 3.37. The molecule has 3 N–H and O–H groups in total. The van der Waals surface area contributed by atoms with Crippen LogP contribution in [0.15, 0.2) is 0 Å². The van der Waals surface area contributed by atoms with Gasteiger partial charge in [-0.15, -0.1) is 0 Å². The van der Waals surface area contributed by atoms with Gasteiger partial charge in [0.25, 0.3) is 0 Å². The quantitative estimate of drug-likeness (QED) is 0.766. The molecule has 5 nitrogen and oxygen atoms in total. The molecule has 120 valence electrons. The largest absolute Gasteiger partial charge is 0.444 e. The molecule has 0 radical (unpaired) electrons. The Labute approximate surface area is 124 Å². The van der Waals surface area contributed by atoms with Crippen LogP contribution in [-0.2, 0) is 9.16 Å². The zero-order valence-corrected chi connectivity index (χ0v) is 15.3. The highest BCUT2D eigenvalue weighted by Gasteiger charge is 2.37. The molecular weight excluding hydrogens is 272 g/mol. The van der Waals surface area contributed by atoms with Crippen LogP contribution in [0.5, 0.6) is 0 Å². The number of hydrogen-bond acceptors (Lipinski definition) is 4. The maximum Gasteiger partial charge on any atom is 0.407 e. The highest BCUT2D eigenvalue weighted by atomic mass is 28.4. The van der Waals surface area contributed by atoms with Crippen LogP contribution in [0.4, 0.5) is 4.79 Å². The minimum absolute atomic E-state index is 0.158. The summed E-state index contributed by atoms with van der Waals surface area (Å²) in [5.41, 5.74) is 5.47. The molecule has 0 aliphatic carbocycles. The molecule has 0 saturated heterocycles. The van der Waals surface area contributed by atoms with Gasteiger partial charge < -0.3 is 20.2 Å². The average molecular weight is 305 g/mol. The molecule has 0 spiro atoms. The summed E-state index contributed by atoms with van der Waals surface area (Å²) in [4.78, 5) is 11.5. The van der Waals surface area contributed by atoms with E-state index in [2.05, 4.69) is 39.2 Å². The predicted molar refractivity (Wildman–Crippen MR) is 85.4 cm³/mol. The van der Waals surface area contributed by atoms with E-state index in [0.717, 1.165) is 0 Å². The van der Waals surface area contributed by atoms with Gasteiger partial charge in [0, 0.05) is 12.6 Å². The number of carbonyl (C=O) groups excluding carboxylic acids is 1. The fraction of sp³-hybridized carbons (Fsp3) is 0.929. The number of rotatable bonds is 5. The summed E-state index contributed by atoms with van der Waals surface area (Å²) in [6.45, 7) is 17.2.